The van der Waals surface area contributed by atoms with Crippen LogP contribution in [0, 0.1) is 16.0 Å². The summed E-state index contributed by atoms with van der Waals surface area (Å²) in [5, 5.41) is 11.2. The number of rotatable bonds is 4. The molecule has 2 aliphatic rings. The van der Waals surface area contributed by atoms with E-state index in [1.807, 2.05) is 9.80 Å². The summed E-state index contributed by atoms with van der Waals surface area (Å²) in [4.78, 5) is 31.4. The van der Waals surface area contributed by atoms with Gasteiger partial charge in [0, 0.05) is 44.9 Å². The number of hydrogen-bond acceptors (Lipinski definition) is 5. The molecule has 2 fully saturated rings. The Labute approximate surface area is 141 Å². The maximum Gasteiger partial charge on any atom is 0.311 e. The molecule has 0 radical (unpaired) electrons. The molecule has 7 nitrogen and oxygen atoms in total. The minimum absolute atomic E-state index is 0.0308. The Kier molecular flexibility index (Phi) is 5.27. The third kappa shape index (κ3) is 3.83. The van der Waals surface area contributed by atoms with Crippen molar-refractivity contribution in [2.24, 2.45) is 5.92 Å². The second-order valence-corrected chi connectivity index (χ2v) is 6.68. The molecule has 1 aliphatic heterocycles. The minimum atomic E-state index is -0.393. The smallest absolute Gasteiger partial charge is 0.311 e. The Hall–Kier alpha value is -2.18. The fourth-order valence-corrected chi connectivity index (χ4v) is 3.74. The Morgan fingerprint density at radius 2 is 2.00 bits per heavy atom. The average molecular weight is 332 g/mol. The van der Waals surface area contributed by atoms with Gasteiger partial charge in [0.1, 0.15) is 0 Å². The van der Waals surface area contributed by atoms with Crippen LogP contribution in [0.3, 0.4) is 0 Å². The molecule has 0 N–H and O–H groups in total. The van der Waals surface area contributed by atoms with Crippen LogP contribution in [0.2, 0.25) is 0 Å². The quantitative estimate of drug-likeness (QED) is 0.625. The molecule has 7 heteroatoms. The minimum Gasteiger partial charge on any atom is -0.349 e. The van der Waals surface area contributed by atoms with E-state index in [-0.39, 0.29) is 11.6 Å². The predicted molar refractivity (Wildman–Crippen MR) is 90.9 cm³/mol. The normalized spacial score (nSPS) is 19.3. The number of pyridine rings is 1. The van der Waals surface area contributed by atoms with Crippen molar-refractivity contribution in [2.75, 3.05) is 31.1 Å². The summed E-state index contributed by atoms with van der Waals surface area (Å²) >= 11 is 0. The van der Waals surface area contributed by atoms with Gasteiger partial charge in [0.15, 0.2) is 0 Å². The fraction of sp³-hybridized carbons (Fsp3) is 0.647. The van der Waals surface area contributed by atoms with Gasteiger partial charge in [-0.2, -0.15) is 0 Å². The predicted octanol–water partition coefficient (Wildman–Crippen LogP) is 2.61. The molecule has 1 aliphatic carbocycles. The Morgan fingerprint density at radius 3 is 2.75 bits per heavy atom. The molecular weight excluding hydrogens is 308 g/mol. The Bertz CT molecular complexity index is 601. The van der Waals surface area contributed by atoms with Crippen molar-refractivity contribution in [3.63, 3.8) is 0 Å². The van der Waals surface area contributed by atoms with Gasteiger partial charge in [0.2, 0.25) is 11.7 Å². The van der Waals surface area contributed by atoms with Gasteiger partial charge in [0.25, 0.3) is 0 Å². The highest BCUT2D eigenvalue weighted by atomic mass is 16.6. The number of hydrogen-bond donors (Lipinski definition) is 0. The molecule has 1 saturated carbocycles. The van der Waals surface area contributed by atoms with Gasteiger partial charge in [-0.05, 0) is 31.2 Å². The lowest BCUT2D eigenvalue weighted by atomic mass is 10.0. The van der Waals surface area contributed by atoms with Crippen molar-refractivity contribution in [1.29, 1.82) is 0 Å². The highest BCUT2D eigenvalue weighted by Gasteiger charge is 2.26. The topological polar surface area (TPSA) is 79.6 Å². The van der Waals surface area contributed by atoms with Crippen molar-refractivity contribution in [3.8, 4) is 0 Å². The van der Waals surface area contributed by atoms with Gasteiger partial charge < -0.3 is 9.80 Å². The van der Waals surface area contributed by atoms with Crippen LogP contribution in [-0.4, -0.2) is 46.9 Å². The summed E-state index contributed by atoms with van der Waals surface area (Å²) in [5.41, 5.74) is 0.0308. The van der Waals surface area contributed by atoms with Crippen LogP contribution in [0.25, 0.3) is 0 Å². The van der Waals surface area contributed by atoms with E-state index < -0.39 is 4.92 Å². The van der Waals surface area contributed by atoms with Gasteiger partial charge in [0.05, 0.1) is 4.92 Å². The molecule has 0 spiro atoms. The molecule has 3 rings (SSSR count). The van der Waals surface area contributed by atoms with Gasteiger partial charge in [-0.25, -0.2) is 4.98 Å². The van der Waals surface area contributed by atoms with Crippen LogP contribution in [0.15, 0.2) is 18.3 Å². The van der Waals surface area contributed by atoms with Gasteiger partial charge in [-0.3, -0.25) is 14.9 Å². The van der Waals surface area contributed by atoms with Gasteiger partial charge >= 0.3 is 5.69 Å². The largest absolute Gasteiger partial charge is 0.349 e. The third-order valence-electron chi connectivity index (χ3n) is 5.05. The van der Waals surface area contributed by atoms with Gasteiger partial charge in [-0.1, -0.05) is 12.8 Å². The van der Waals surface area contributed by atoms with E-state index in [9.17, 15) is 14.9 Å². The maximum absolute atomic E-state index is 12.5. The number of carbonyl (C=O) groups excluding carboxylic acids is 1. The van der Waals surface area contributed by atoms with Crippen LogP contribution in [-0.2, 0) is 4.79 Å². The zero-order valence-corrected chi connectivity index (χ0v) is 13.9. The van der Waals surface area contributed by atoms with Crippen LogP contribution >= 0.6 is 0 Å². The second kappa shape index (κ2) is 7.59. The molecule has 130 valence electrons. The first kappa shape index (κ1) is 16.7. The number of nitrogens with zero attached hydrogens (tertiary/aromatic N) is 4. The number of aromatic nitrogens is 1. The Balaban J connectivity index is 1.62. The molecule has 2 heterocycles. The summed E-state index contributed by atoms with van der Waals surface area (Å²) in [7, 11) is 0. The molecule has 1 aromatic rings. The van der Waals surface area contributed by atoms with E-state index >= 15 is 0 Å². The number of carbonyl (C=O) groups is 1. The van der Waals surface area contributed by atoms with Crippen molar-refractivity contribution >= 4 is 17.4 Å². The molecule has 0 aromatic carbocycles. The van der Waals surface area contributed by atoms with Crippen LogP contribution in [0.4, 0.5) is 11.5 Å². The fourth-order valence-electron chi connectivity index (χ4n) is 3.74. The van der Waals surface area contributed by atoms with E-state index in [0.717, 1.165) is 13.0 Å². The molecule has 1 saturated heterocycles. The third-order valence-corrected chi connectivity index (χ3v) is 5.05. The lowest BCUT2D eigenvalue weighted by Gasteiger charge is -2.23. The molecule has 0 bridgehead atoms. The summed E-state index contributed by atoms with van der Waals surface area (Å²) in [6.07, 6.45) is 7.88. The van der Waals surface area contributed by atoms with E-state index in [0.29, 0.717) is 37.8 Å². The van der Waals surface area contributed by atoms with Crippen LogP contribution in [0.1, 0.15) is 38.5 Å². The first-order chi connectivity index (χ1) is 11.6. The highest BCUT2D eigenvalue weighted by Crippen LogP contribution is 2.29. The van der Waals surface area contributed by atoms with Gasteiger partial charge in [-0.15, -0.1) is 0 Å². The maximum atomic E-state index is 12.5. The van der Waals surface area contributed by atoms with E-state index in [2.05, 4.69) is 4.98 Å². The summed E-state index contributed by atoms with van der Waals surface area (Å²) in [5.74, 6) is 1.19. The molecule has 0 unspecified atom stereocenters. The molecule has 1 amide bonds. The first-order valence-electron chi connectivity index (χ1n) is 8.77. The van der Waals surface area contributed by atoms with Crippen molar-refractivity contribution in [2.45, 2.75) is 38.5 Å². The molecule has 0 atom stereocenters. The Morgan fingerprint density at radius 1 is 1.21 bits per heavy atom. The number of amides is 1. The standard InChI is InChI=1S/C17H24N4O3/c22-16(13-14-5-1-2-6-14)19-9-4-10-20(12-11-19)17-15(21(23)24)7-3-8-18-17/h3,7-8,14H,1-2,4-6,9-13H2. The van der Waals surface area contributed by atoms with Crippen molar-refractivity contribution in [1.82, 2.24) is 9.88 Å². The average Bonchev–Trinajstić information content (AvgIpc) is 2.96. The summed E-state index contributed by atoms with van der Waals surface area (Å²) < 4.78 is 0. The number of anilines is 1. The zero-order valence-electron chi connectivity index (χ0n) is 13.9. The zero-order chi connectivity index (χ0) is 16.9. The SMILES string of the molecule is O=C(CC1CCCC1)N1CCCN(c2ncccc2[N+](=O)[O-])CC1. The molecular formula is C17H24N4O3. The van der Waals surface area contributed by atoms with Crippen molar-refractivity contribution in [3.05, 3.63) is 28.4 Å². The first-order valence-corrected chi connectivity index (χ1v) is 8.77. The number of nitro groups is 1. The second-order valence-electron chi connectivity index (χ2n) is 6.68. The summed E-state index contributed by atoms with van der Waals surface area (Å²) in [6, 6.07) is 3.06. The monoisotopic (exact) mass is 332 g/mol. The summed E-state index contributed by atoms with van der Waals surface area (Å²) in [6.45, 7) is 2.61. The van der Waals surface area contributed by atoms with Crippen LogP contribution < -0.4 is 4.90 Å². The van der Waals surface area contributed by atoms with E-state index in [4.69, 9.17) is 0 Å². The van der Waals surface area contributed by atoms with Crippen molar-refractivity contribution < 1.29 is 9.72 Å². The lowest BCUT2D eigenvalue weighted by Crippen LogP contribution is -2.36. The van der Waals surface area contributed by atoms with Crippen LogP contribution in [0.5, 0.6) is 0 Å². The van der Waals surface area contributed by atoms with E-state index in [1.54, 1.807) is 12.3 Å². The highest BCUT2D eigenvalue weighted by molar-refractivity contribution is 5.76. The molecule has 24 heavy (non-hydrogen) atoms. The molecule has 1 aromatic heterocycles. The van der Waals surface area contributed by atoms with E-state index in [1.165, 1.54) is 31.7 Å². The lowest BCUT2D eigenvalue weighted by molar-refractivity contribution is -0.384.